The number of carbonyl (C=O) groups excluding carboxylic acids is 1. The molecule has 90 valence electrons. The van der Waals surface area contributed by atoms with E-state index in [1.165, 1.54) is 0 Å². The molecule has 0 saturated carbocycles. The Balaban J connectivity index is 1.85. The van der Waals surface area contributed by atoms with Gasteiger partial charge in [0.2, 0.25) is 0 Å². The summed E-state index contributed by atoms with van der Waals surface area (Å²) >= 11 is 0. The van der Waals surface area contributed by atoms with E-state index in [-0.39, 0.29) is 12.0 Å². The highest BCUT2D eigenvalue weighted by atomic mass is 16.4. The van der Waals surface area contributed by atoms with E-state index in [9.17, 15) is 4.79 Å². The second kappa shape index (κ2) is 4.73. The van der Waals surface area contributed by atoms with Crippen LogP contribution in [0.15, 0.2) is 27.2 Å². The zero-order valence-electron chi connectivity index (χ0n) is 9.61. The van der Waals surface area contributed by atoms with Gasteiger partial charge in [0.1, 0.15) is 11.5 Å². The molecular formula is C11H13N3O3. The van der Waals surface area contributed by atoms with Crippen LogP contribution in [0.3, 0.4) is 0 Å². The first kappa shape index (κ1) is 11.3. The van der Waals surface area contributed by atoms with Gasteiger partial charge < -0.3 is 14.2 Å². The Bertz CT molecular complexity index is 483. The predicted molar refractivity (Wildman–Crippen MR) is 60.5 cm³/mol. The van der Waals surface area contributed by atoms with Crippen molar-refractivity contribution < 1.29 is 13.6 Å². The van der Waals surface area contributed by atoms with Gasteiger partial charge in [-0.05, 0) is 26.0 Å². The SMILES string of the molecule is Cc1nc(NC(=O)NCc2ccco2)oc1C. The third kappa shape index (κ3) is 2.87. The normalized spacial score (nSPS) is 10.2. The van der Waals surface area contributed by atoms with Crippen LogP contribution in [0, 0.1) is 13.8 Å². The lowest BCUT2D eigenvalue weighted by Crippen LogP contribution is -2.28. The van der Waals surface area contributed by atoms with Crippen LogP contribution in [0.1, 0.15) is 17.2 Å². The molecule has 0 unspecified atom stereocenters. The maximum absolute atomic E-state index is 11.5. The molecule has 2 N–H and O–H groups in total. The second-order valence-corrected chi connectivity index (χ2v) is 3.55. The summed E-state index contributed by atoms with van der Waals surface area (Å²) in [5.74, 6) is 1.37. The van der Waals surface area contributed by atoms with E-state index in [1.807, 2.05) is 6.92 Å². The largest absolute Gasteiger partial charge is 0.467 e. The van der Waals surface area contributed by atoms with Crippen molar-refractivity contribution in [2.75, 3.05) is 5.32 Å². The summed E-state index contributed by atoms with van der Waals surface area (Å²) in [6.07, 6.45) is 1.55. The van der Waals surface area contributed by atoms with Gasteiger partial charge in [0.05, 0.1) is 18.5 Å². The molecule has 17 heavy (non-hydrogen) atoms. The molecule has 6 heteroatoms. The van der Waals surface area contributed by atoms with Crippen molar-refractivity contribution in [3.8, 4) is 0 Å². The molecule has 0 saturated heterocycles. The molecule has 0 bridgehead atoms. The lowest BCUT2D eigenvalue weighted by molar-refractivity contribution is 0.250. The maximum Gasteiger partial charge on any atom is 0.323 e. The third-order valence-corrected chi connectivity index (χ3v) is 2.25. The van der Waals surface area contributed by atoms with Crippen molar-refractivity contribution in [1.82, 2.24) is 10.3 Å². The first-order valence-corrected chi connectivity index (χ1v) is 5.16. The fourth-order valence-corrected chi connectivity index (χ4v) is 1.25. The summed E-state index contributed by atoms with van der Waals surface area (Å²) in [4.78, 5) is 15.5. The molecule has 2 aromatic heterocycles. The van der Waals surface area contributed by atoms with Crippen LogP contribution in [-0.4, -0.2) is 11.0 Å². The Morgan fingerprint density at radius 1 is 1.47 bits per heavy atom. The highest BCUT2D eigenvalue weighted by Gasteiger charge is 2.09. The van der Waals surface area contributed by atoms with Crippen molar-refractivity contribution in [2.45, 2.75) is 20.4 Å². The van der Waals surface area contributed by atoms with Gasteiger partial charge >= 0.3 is 12.0 Å². The number of furan rings is 1. The number of aromatic nitrogens is 1. The van der Waals surface area contributed by atoms with Gasteiger partial charge in [-0.2, -0.15) is 4.98 Å². The van der Waals surface area contributed by atoms with Crippen LogP contribution in [-0.2, 0) is 6.54 Å². The lowest BCUT2D eigenvalue weighted by atomic mass is 10.4. The minimum Gasteiger partial charge on any atom is -0.467 e. The van der Waals surface area contributed by atoms with Crippen LogP contribution in [0.2, 0.25) is 0 Å². The molecule has 0 aliphatic heterocycles. The quantitative estimate of drug-likeness (QED) is 0.854. The number of nitrogens with zero attached hydrogens (tertiary/aromatic N) is 1. The Morgan fingerprint density at radius 2 is 2.29 bits per heavy atom. The number of rotatable bonds is 3. The van der Waals surface area contributed by atoms with Crippen LogP contribution >= 0.6 is 0 Å². The fourth-order valence-electron chi connectivity index (χ4n) is 1.25. The minimum absolute atomic E-state index is 0.192. The number of oxazole rings is 1. The van der Waals surface area contributed by atoms with Gasteiger partial charge in [-0.1, -0.05) is 0 Å². The smallest absolute Gasteiger partial charge is 0.323 e. The number of carbonyl (C=O) groups is 1. The molecule has 0 spiro atoms. The first-order valence-electron chi connectivity index (χ1n) is 5.16. The van der Waals surface area contributed by atoms with Gasteiger partial charge in [-0.15, -0.1) is 0 Å². The molecule has 6 nitrogen and oxygen atoms in total. The number of hydrogen-bond acceptors (Lipinski definition) is 4. The van der Waals surface area contributed by atoms with Crippen molar-refractivity contribution in [3.05, 3.63) is 35.6 Å². The molecule has 0 fully saturated rings. The third-order valence-electron chi connectivity index (χ3n) is 2.25. The fraction of sp³-hybridized carbons (Fsp3) is 0.273. The molecule has 0 aromatic carbocycles. The van der Waals surface area contributed by atoms with Crippen LogP contribution in [0.5, 0.6) is 0 Å². The second-order valence-electron chi connectivity index (χ2n) is 3.55. The van der Waals surface area contributed by atoms with Crippen molar-refractivity contribution >= 4 is 12.0 Å². The summed E-state index contributed by atoms with van der Waals surface area (Å²) in [6, 6.07) is 3.34. The first-order chi connectivity index (χ1) is 8.15. The Kier molecular flexibility index (Phi) is 3.13. The number of nitrogens with one attached hydrogen (secondary N) is 2. The number of aryl methyl sites for hydroxylation is 2. The Morgan fingerprint density at radius 3 is 2.88 bits per heavy atom. The highest BCUT2D eigenvalue weighted by molar-refractivity contribution is 5.86. The van der Waals surface area contributed by atoms with E-state index < -0.39 is 0 Å². The number of hydrogen-bond donors (Lipinski definition) is 2. The number of anilines is 1. The zero-order chi connectivity index (χ0) is 12.3. The van der Waals surface area contributed by atoms with Gasteiger partial charge in [-0.25, -0.2) is 4.79 Å². The van der Waals surface area contributed by atoms with Crippen molar-refractivity contribution in [2.24, 2.45) is 0 Å². The molecule has 2 rings (SSSR count). The standard InChI is InChI=1S/C11H13N3O3/c1-7-8(2)17-11(13-7)14-10(15)12-6-9-4-3-5-16-9/h3-5H,6H2,1-2H3,(H2,12,13,14,15). The molecule has 0 radical (unpaired) electrons. The van der Waals surface area contributed by atoms with E-state index in [0.717, 1.165) is 5.69 Å². The summed E-state index contributed by atoms with van der Waals surface area (Å²) in [5.41, 5.74) is 0.756. The maximum atomic E-state index is 11.5. The molecule has 0 atom stereocenters. The van der Waals surface area contributed by atoms with E-state index in [0.29, 0.717) is 18.1 Å². The number of urea groups is 1. The van der Waals surface area contributed by atoms with Crippen LogP contribution in [0.4, 0.5) is 10.8 Å². The summed E-state index contributed by atoms with van der Waals surface area (Å²) in [6.45, 7) is 3.91. The van der Waals surface area contributed by atoms with Crippen molar-refractivity contribution in [1.29, 1.82) is 0 Å². The molecule has 2 aromatic rings. The van der Waals surface area contributed by atoms with E-state index in [1.54, 1.807) is 25.3 Å². The minimum atomic E-state index is -0.386. The van der Waals surface area contributed by atoms with E-state index >= 15 is 0 Å². The summed E-state index contributed by atoms with van der Waals surface area (Å²) < 4.78 is 10.3. The monoisotopic (exact) mass is 235 g/mol. The van der Waals surface area contributed by atoms with E-state index in [2.05, 4.69) is 15.6 Å². The molecule has 0 aliphatic rings. The Labute approximate surface area is 98.0 Å². The molecule has 2 heterocycles. The predicted octanol–water partition coefficient (Wildman–Crippen LogP) is 2.21. The highest BCUT2D eigenvalue weighted by Crippen LogP contribution is 2.12. The van der Waals surface area contributed by atoms with Crippen LogP contribution < -0.4 is 10.6 Å². The van der Waals surface area contributed by atoms with Crippen molar-refractivity contribution in [3.63, 3.8) is 0 Å². The van der Waals surface area contributed by atoms with Gasteiger partial charge in [0.15, 0.2) is 0 Å². The lowest BCUT2D eigenvalue weighted by Gasteiger charge is -2.02. The summed E-state index contributed by atoms with van der Waals surface area (Å²) in [7, 11) is 0. The zero-order valence-corrected chi connectivity index (χ0v) is 9.61. The topological polar surface area (TPSA) is 80.3 Å². The van der Waals surface area contributed by atoms with Gasteiger partial charge in [-0.3, -0.25) is 5.32 Å². The van der Waals surface area contributed by atoms with Crippen LogP contribution in [0.25, 0.3) is 0 Å². The molecule has 0 aliphatic carbocycles. The average Bonchev–Trinajstić information content (AvgIpc) is 2.87. The van der Waals surface area contributed by atoms with Gasteiger partial charge in [0.25, 0.3) is 0 Å². The van der Waals surface area contributed by atoms with E-state index in [4.69, 9.17) is 8.83 Å². The summed E-state index contributed by atoms with van der Waals surface area (Å²) in [5, 5.41) is 5.11. The molecule has 2 amide bonds. The average molecular weight is 235 g/mol. The number of amides is 2. The molecular weight excluding hydrogens is 222 g/mol. The van der Waals surface area contributed by atoms with Gasteiger partial charge in [0, 0.05) is 0 Å². The Hall–Kier alpha value is -2.24.